The maximum atomic E-state index is 11.5. The van der Waals surface area contributed by atoms with Gasteiger partial charge in [0.05, 0.1) is 6.61 Å². The Bertz CT molecular complexity index is 727. The lowest BCUT2D eigenvalue weighted by Gasteiger charge is -2.09. The van der Waals surface area contributed by atoms with Gasteiger partial charge in [0.25, 0.3) is 5.56 Å². The van der Waals surface area contributed by atoms with Crippen LogP contribution in [0.3, 0.4) is 0 Å². The molecule has 0 unspecified atom stereocenters. The number of nitrogens with one attached hydrogen (secondary N) is 1. The van der Waals surface area contributed by atoms with Gasteiger partial charge in [0.1, 0.15) is 17.1 Å². The van der Waals surface area contributed by atoms with Crippen LogP contribution in [0.25, 0.3) is 0 Å². The molecule has 0 bridgehead atoms. The van der Waals surface area contributed by atoms with E-state index in [0.29, 0.717) is 29.6 Å². The summed E-state index contributed by atoms with van der Waals surface area (Å²) in [5.74, 6) is -0.233. The molecule has 0 fully saturated rings. The van der Waals surface area contributed by atoms with E-state index in [-0.39, 0.29) is 5.56 Å². The molecule has 0 saturated heterocycles. The monoisotopic (exact) mass is 308 g/mol. The number of hydrogen-bond donors (Lipinski definition) is 2. The first-order chi connectivity index (χ1) is 9.97. The van der Waals surface area contributed by atoms with Crippen LogP contribution in [0.4, 0.5) is 0 Å². The lowest BCUT2D eigenvalue weighted by atomic mass is 10.2. The molecule has 0 amide bonds. The van der Waals surface area contributed by atoms with Gasteiger partial charge < -0.3 is 14.8 Å². The van der Waals surface area contributed by atoms with Crippen molar-refractivity contribution in [3.63, 3.8) is 0 Å². The lowest BCUT2D eigenvalue weighted by molar-refractivity contribution is 0.0694. The van der Waals surface area contributed by atoms with Gasteiger partial charge in [-0.25, -0.2) is 9.78 Å². The smallest absolute Gasteiger partial charge is 0.342 e. The number of rotatable bonds is 5. The van der Waals surface area contributed by atoms with Crippen LogP contribution in [0, 0.1) is 6.92 Å². The highest BCUT2D eigenvalue weighted by atomic mass is 35.5. The fraction of sp³-hybridized carbons (Fsp3) is 0.214. The number of aryl methyl sites for hydroxylation is 1. The van der Waals surface area contributed by atoms with E-state index in [9.17, 15) is 9.59 Å². The average molecular weight is 309 g/mol. The number of H-pyrrole nitrogens is 1. The van der Waals surface area contributed by atoms with E-state index in [1.165, 1.54) is 0 Å². The first-order valence-corrected chi connectivity index (χ1v) is 6.55. The summed E-state index contributed by atoms with van der Waals surface area (Å²) in [6.07, 6.45) is 1.40. The van der Waals surface area contributed by atoms with Crippen molar-refractivity contribution in [3.05, 3.63) is 56.7 Å². The van der Waals surface area contributed by atoms with Crippen LogP contribution in [0.1, 0.15) is 21.7 Å². The summed E-state index contributed by atoms with van der Waals surface area (Å²) in [6, 6.07) is 5.28. The first kappa shape index (κ1) is 15.1. The number of ether oxygens (including phenoxy) is 1. The molecule has 1 aromatic carbocycles. The lowest BCUT2D eigenvalue weighted by Crippen LogP contribution is -2.21. The second kappa shape index (κ2) is 6.41. The predicted octanol–water partition coefficient (Wildman–Crippen LogP) is 2.05. The van der Waals surface area contributed by atoms with Gasteiger partial charge in [-0.15, -0.1) is 0 Å². The molecule has 0 saturated carbocycles. The molecule has 7 heteroatoms. The molecule has 0 aliphatic rings. The van der Waals surface area contributed by atoms with Gasteiger partial charge in [-0.3, -0.25) is 4.79 Å². The van der Waals surface area contributed by atoms with Crippen LogP contribution >= 0.6 is 11.6 Å². The Morgan fingerprint density at radius 3 is 2.86 bits per heavy atom. The molecule has 2 aromatic rings. The summed E-state index contributed by atoms with van der Waals surface area (Å²) in [5, 5.41) is 9.37. The van der Waals surface area contributed by atoms with Gasteiger partial charge in [-0.1, -0.05) is 11.6 Å². The van der Waals surface area contributed by atoms with Gasteiger partial charge in [0, 0.05) is 17.6 Å². The Kier molecular flexibility index (Phi) is 4.59. The van der Waals surface area contributed by atoms with E-state index in [0.717, 1.165) is 11.8 Å². The minimum Gasteiger partial charge on any atom is -0.493 e. The maximum absolute atomic E-state index is 11.5. The van der Waals surface area contributed by atoms with Crippen LogP contribution in [-0.4, -0.2) is 27.7 Å². The van der Waals surface area contributed by atoms with Crippen molar-refractivity contribution in [2.24, 2.45) is 0 Å². The van der Waals surface area contributed by atoms with Crippen LogP contribution in [0.2, 0.25) is 5.02 Å². The van der Waals surface area contributed by atoms with Gasteiger partial charge in [-0.2, -0.15) is 0 Å². The standard InChI is InChI=1S/C14H13ClN2O4/c1-8-6-9(15)2-3-11(8)21-5-4-12-16-7-10(14(19)20)13(18)17-12/h2-3,6-7H,4-5H2,1H3,(H,19,20)(H,16,17,18). The van der Waals surface area contributed by atoms with E-state index >= 15 is 0 Å². The van der Waals surface area contributed by atoms with Crippen LogP contribution < -0.4 is 10.3 Å². The number of hydrogen-bond acceptors (Lipinski definition) is 4. The number of halogens is 1. The van der Waals surface area contributed by atoms with Gasteiger partial charge in [-0.05, 0) is 30.7 Å². The minimum absolute atomic E-state index is 0.303. The Balaban J connectivity index is 1.99. The number of carbonyl (C=O) groups is 1. The van der Waals surface area contributed by atoms with Crippen LogP contribution in [-0.2, 0) is 6.42 Å². The molecule has 6 nitrogen and oxygen atoms in total. The Labute approximate surface area is 125 Å². The van der Waals surface area contributed by atoms with E-state index in [1.807, 2.05) is 6.92 Å². The molecule has 1 aromatic heterocycles. The molecule has 1 heterocycles. The number of aromatic nitrogens is 2. The zero-order valence-corrected chi connectivity index (χ0v) is 12.0. The van der Waals surface area contributed by atoms with Crippen molar-refractivity contribution in [3.8, 4) is 5.75 Å². The third-order valence-corrected chi connectivity index (χ3v) is 3.05. The predicted molar refractivity (Wildman–Crippen MR) is 77.2 cm³/mol. The summed E-state index contributed by atoms with van der Waals surface area (Å²) in [5.41, 5.74) is -0.145. The quantitative estimate of drug-likeness (QED) is 0.882. The number of carboxylic acids is 1. The highest BCUT2D eigenvalue weighted by molar-refractivity contribution is 6.30. The molecule has 0 radical (unpaired) electrons. The van der Waals surface area contributed by atoms with Crippen LogP contribution in [0.5, 0.6) is 5.75 Å². The van der Waals surface area contributed by atoms with Crippen molar-refractivity contribution in [1.29, 1.82) is 0 Å². The van der Waals surface area contributed by atoms with Crippen molar-refractivity contribution < 1.29 is 14.6 Å². The highest BCUT2D eigenvalue weighted by Crippen LogP contribution is 2.21. The fourth-order valence-electron chi connectivity index (χ4n) is 1.74. The summed E-state index contributed by atoms with van der Waals surface area (Å²) in [7, 11) is 0. The third-order valence-electron chi connectivity index (χ3n) is 2.82. The number of nitrogens with zero attached hydrogens (tertiary/aromatic N) is 1. The van der Waals surface area contributed by atoms with Gasteiger partial charge in [0.2, 0.25) is 0 Å². The fourth-order valence-corrected chi connectivity index (χ4v) is 1.97. The Hall–Kier alpha value is -2.34. The molecule has 0 spiro atoms. The van der Waals surface area contributed by atoms with Crippen molar-refractivity contribution in [2.75, 3.05) is 6.61 Å². The Morgan fingerprint density at radius 1 is 1.48 bits per heavy atom. The van der Waals surface area contributed by atoms with Crippen molar-refractivity contribution in [2.45, 2.75) is 13.3 Å². The number of benzene rings is 1. The SMILES string of the molecule is Cc1cc(Cl)ccc1OCCc1ncc(C(=O)O)c(=O)[nH]1. The van der Waals surface area contributed by atoms with Crippen molar-refractivity contribution >= 4 is 17.6 Å². The molecular weight excluding hydrogens is 296 g/mol. The van der Waals surface area contributed by atoms with E-state index in [4.69, 9.17) is 21.4 Å². The van der Waals surface area contributed by atoms with E-state index in [1.54, 1.807) is 18.2 Å². The second-order valence-corrected chi connectivity index (χ2v) is 4.82. The second-order valence-electron chi connectivity index (χ2n) is 4.39. The van der Waals surface area contributed by atoms with Gasteiger partial charge >= 0.3 is 5.97 Å². The molecule has 2 rings (SSSR count). The molecule has 0 aliphatic carbocycles. The topological polar surface area (TPSA) is 92.3 Å². The normalized spacial score (nSPS) is 10.4. The third kappa shape index (κ3) is 3.82. The van der Waals surface area contributed by atoms with E-state index < -0.39 is 11.5 Å². The number of carboxylic acid groups (broad SMARTS) is 1. The summed E-state index contributed by atoms with van der Waals surface area (Å²) >= 11 is 5.85. The largest absolute Gasteiger partial charge is 0.493 e. The zero-order valence-electron chi connectivity index (χ0n) is 11.2. The maximum Gasteiger partial charge on any atom is 0.342 e. The van der Waals surface area contributed by atoms with Crippen molar-refractivity contribution in [1.82, 2.24) is 9.97 Å². The summed E-state index contributed by atoms with van der Waals surface area (Å²) in [4.78, 5) is 28.5. The average Bonchev–Trinajstić information content (AvgIpc) is 2.41. The molecule has 0 atom stereocenters. The zero-order chi connectivity index (χ0) is 15.4. The molecule has 2 N–H and O–H groups in total. The van der Waals surface area contributed by atoms with Gasteiger partial charge in [0.15, 0.2) is 0 Å². The van der Waals surface area contributed by atoms with Crippen LogP contribution in [0.15, 0.2) is 29.2 Å². The molecule has 21 heavy (non-hydrogen) atoms. The van der Waals surface area contributed by atoms with E-state index in [2.05, 4.69) is 9.97 Å². The summed E-state index contributed by atoms with van der Waals surface area (Å²) < 4.78 is 5.58. The first-order valence-electron chi connectivity index (χ1n) is 6.18. The number of aromatic amines is 1. The Morgan fingerprint density at radius 2 is 2.24 bits per heavy atom. The summed E-state index contributed by atoms with van der Waals surface area (Å²) in [6.45, 7) is 2.18. The molecule has 110 valence electrons. The minimum atomic E-state index is -1.30. The molecule has 0 aliphatic heterocycles. The highest BCUT2D eigenvalue weighted by Gasteiger charge is 2.09. The molecular formula is C14H13ClN2O4. The number of aromatic carboxylic acids is 1.